The zero-order valence-corrected chi connectivity index (χ0v) is 24.1. The van der Waals surface area contributed by atoms with Crippen LogP contribution in [0.4, 0.5) is 16.5 Å². The lowest BCUT2D eigenvalue weighted by Crippen LogP contribution is -2.59. The number of hydrogen-bond donors (Lipinski definition) is 1. The maximum absolute atomic E-state index is 13.8. The summed E-state index contributed by atoms with van der Waals surface area (Å²) in [7, 11) is -3.79. The van der Waals surface area contributed by atoms with Gasteiger partial charge in [0.15, 0.2) is 5.13 Å². The standard InChI is InChI=1S/C27H30ClN5O4S2.H2/c1-18(2)25(33-12-3-4-19-16-20(28)5-10-23(19)33)26(35)31-13-14-32(24(34)17-31)21-6-8-22(9-7-21)39(36,37)30-27-29-11-15-38-27;/h5-11,15-16,18,25H,3-4,12-14,17H2,1-2H3,(H,29,30);1H/t25-;/m1./s1. The number of aromatic nitrogens is 1. The van der Waals surface area contributed by atoms with Crippen molar-refractivity contribution in [1.82, 2.24) is 9.88 Å². The summed E-state index contributed by atoms with van der Waals surface area (Å²) < 4.78 is 27.7. The van der Waals surface area contributed by atoms with Gasteiger partial charge in [-0.1, -0.05) is 25.4 Å². The lowest BCUT2D eigenvalue weighted by atomic mass is 9.94. The Bertz CT molecular complexity index is 1470. The molecule has 0 radical (unpaired) electrons. The van der Waals surface area contributed by atoms with E-state index in [4.69, 9.17) is 11.6 Å². The Balaban J connectivity index is 0.00000370. The molecule has 2 aromatic carbocycles. The van der Waals surface area contributed by atoms with Crippen molar-refractivity contribution >= 4 is 61.3 Å². The number of sulfonamides is 1. The van der Waals surface area contributed by atoms with Gasteiger partial charge in [-0.3, -0.25) is 14.3 Å². The molecule has 3 aromatic rings. The van der Waals surface area contributed by atoms with Crippen LogP contribution < -0.4 is 14.5 Å². The Kier molecular flexibility index (Phi) is 7.84. The van der Waals surface area contributed by atoms with Gasteiger partial charge in [0.2, 0.25) is 11.8 Å². The minimum absolute atomic E-state index is 0. The predicted octanol–water partition coefficient (Wildman–Crippen LogP) is 4.50. The van der Waals surface area contributed by atoms with Crippen LogP contribution in [0.3, 0.4) is 0 Å². The van der Waals surface area contributed by atoms with E-state index in [0.717, 1.165) is 30.6 Å². The molecule has 0 saturated carbocycles. The van der Waals surface area contributed by atoms with Gasteiger partial charge in [0.05, 0.1) is 4.90 Å². The molecule has 12 heteroatoms. The van der Waals surface area contributed by atoms with Crippen molar-refractivity contribution in [1.29, 1.82) is 0 Å². The van der Waals surface area contributed by atoms with E-state index in [0.29, 0.717) is 23.8 Å². The highest BCUT2D eigenvalue weighted by molar-refractivity contribution is 7.93. The first-order valence-corrected chi connectivity index (χ1v) is 15.5. The number of amides is 2. The van der Waals surface area contributed by atoms with Gasteiger partial charge in [0, 0.05) is 49.0 Å². The van der Waals surface area contributed by atoms with Crippen molar-refractivity contribution in [3.8, 4) is 0 Å². The molecule has 1 aromatic heterocycles. The zero-order valence-electron chi connectivity index (χ0n) is 21.7. The van der Waals surface area contributed by atoms with E-state index in [1.807, 2.05) is 32.0 Å². The molecule has 1 N–H and O–H groups in total. The molecule has 0 spiro atoms. The predicted molar refractivity (Wildman–Crippen MR) is 156 cm³/mol. The van der Waals surface area contributed by atoms with E-state index < -0.39 is 10.0 Å². The monoisotopic (exact) mass is 589 g/mol. The van der Waals surface area contributed by atoms with Crippen molar-refractivity contribution in [2.24, 2.45) is 5.92 Å². The smallest absolute Gasteiger partial charge is 0.263 e. The van der Waals surface area contributed by atoms with Crippen LogP contribution in [0.1, 0.15) is 27.3 Å². The second kappa shape index (κ2) is 11.1. The van der Waals surface area contributed by atoms with E-state index in [2.05, 4.69) is 14.6 Å². The maximum Gasteiger partial charge on any atom is 0.263 e. The van der Waals surface area contributed by atoms with Crippen molar-refractivity contribution in [2.45, 2.75) is 37.6 Å². The van der Waals surface area contributed by atoms with Crippen molar-refractivity contribution in [2.75, 3.05) is 40.7 Å². The van der Waals surface area contributed by atoms with E-state index in [-0.39, 0.29) is 41.8 Å². The molecule has 5 rings (SSSR count). The minimum atomic E-state index is -3.79. The van der Waals surface area contributed by atoms with Crippen LogP contribution in [0.25, 0.3) is 0 Å². The summed E-state index contributed by atoms with van der Waals surface area (Å²) in [5.74, 6) is -0.227. The number of piperazine rings is 1. The summed E-state index contributed by atoms with van der Waals surface area (Å²) in [5, 5.41) is 2.65. The number of anilines is 3. The first kappa shape index (κ1) is 27.4. The number of halogens is 1. The molecule has 1 fully saturated rings. The molecular weight excluding hydrogens is 558 g/mol. The molecule has 0 unspecified atom stereocenters. The Morgan fingerprint density at radius 3 is 2.56 bits per heavy atom. The lowest BCUT2D eigenvalue weighted by molar-refractivity contribution is -0.138. The highest BCUT2D eigenvalue weighted by Gasteiger charge is 2.37. The van der Waals surface area contributed by atoms with Crippen molar-refractivity contribution < 1.29 is 19.4 Å². The third kappa shape index (κ3) is 5.75. The largest absolute Gasteiger partial charge is 0.359 e. The summed E-state index contributed by atoms with van der Waals surface area (Å²) in [6.07, 6.45) is 3.37. The van der Waals surface area contributed by atoms with Gasteiger partial charge >= 0.3 is 0 Å². The van der Waals surface area contributed by atoms with Gasteiger partial charge in [0.1, 0.15) is 12.6 Å². The van der Waals surface area contributed by atoms with Gasteiger partial charge in [-0.15, -0.1) is 11.3 Å². The number of nitrogens with one attached hydrogen (secondary N) is 1. The SMILES string of the molecule is CC(C)[C@H](C(=O)N1CCN(c2ccc(S(=O)(=O)Nc3nccs3)cc2)C(=O)C1)N1CCCc2cc(Cl)ccc21.[HH]. The molecule has 9 nitrogen and oxygen atoms in total. The fourth-order valence-electron chi connectivity index (χ4n) is 5.24. The molecular formula is C27H32ClN5O4S2. The van der Waals surface area contributed by atoms with Crippen molar-refractivity contribution in [3.63, 3.8) is 0 Å². The summed E-state index contributed by atoms with van der Waals surface area (Å²) in [6.45, 7) is 5.51. The normalized spacial score (nSPS) is 16.8. The van der Waals surface area contributed by atoms with Crippen LogP contribution in [0.2, 0.25) is 5.02 Å². The highest BCUT2D eigenvalue weighted by Crippen LogP contribution is 2.33. The molecule has 1 saturated heterocycles. The lowest BCUT2D eigenvalue weighted by Gasteiger charge is -2.43. The average molecular weight is 590 g/mol. The number of rotatable bonds is 7. The highest BCUT2D eigenvalue weighted by atomic mass is 35.5. The van der Waals surface area contributed by atoms with Crippen molar-refractivity contribution in [3.05, 3.63) is 64.6 Å². The van der Waals surface area contributed by atoms with E-state index in [1.54, 1.807) is 27.3 Å². The van der Waals surface area contributed by atoms with E-state index in [9.17, 15) is 18.0 Å². The summed E-state index contributed by atoms with van der Waals surface area (Å²) in [5.41, 5.74) is 2.75. The molecule has 2 amide bonds. The Morgan fingerprint density at radius 2 is 1.90 bits per heavy atom. The summed E-state index contributed by atoms with van der Waals surface area (Å²) >= 11 is 7.41. The number of hydrogen-bond acceptors (Lipinski definition) is 7. The molecule has 1 atom stereocenters. The first-order valence-electron chi connectivity index (χ1n) is 12.8. The second-order valence-corrected chi connectivity index (χ2v) is 13.0. The number of aryl methyl sites for hydroxylation is 1. The first-order chi connectivity index (χ1) is 18.6. The summed E-state index contributed by atoms with van der Waals surface area (Å²) in [6, 6.07) is 11.6. The fourth-order valence-corrected chi connectivity index (χ4v) is 7.22. The number of benzene rings is 2. The zero-order chi connectivity index (χ0) is 27.7. The molecule has 0 aliphatic carbocycles. The molecule has 2 aliphatic rings. The summed E-state index contributed by atoms with van der Waals surface area (Å²) in [4.78, 5) is 36.4. The Hall–Kier alpha value is -3.15. The molecule has 3 heterocycles. The Morgan fingerprint density at radius 1 is 1.13 bits per heavy atom. The third-order valence-corrected chi connectivity index (χ3v) is 9.47. The molecule has 39 heavy (non-hydrogen) atoms. The van der Waals surface area contributed by atoms with Crippen LogP contribution in [-0.4, -0.2) is 62.3 Å². The molecule has 208 valence electrons. The Labute approximate surface area is 238 Å². The van der Waals surface area contributed by atoms with Gasteiger partial charge in [-0.2, -0.15) is 0 Å². The van der Waals surface area contributed by atoms with Gasteiger partial charge in [0.25, 0.3) is 10.0 Å². The number of nitrogens with zero attached hydrogens (tertiary/aromatic N) is 4. The van der Waals surface area contributed by atoms with Gasteiger partial charge in [-0.05, 0) is 66.8 Å². The van der Waals surface area contributed by atoms with Crippen LogP contribution >= 0.6 is 22.9 Å². The minimum Gasteiger partial charge on any atom is -0.359 e. The molecule has 2 aliphatic heterocycles. The number of carbonyl (C=O) groups is 2. The van der Waals surface area contributed by atoms with Crippen LogP contribution in [-0.2, 0) is 26.0 Å². The van der Waals surface area contributed by atoms with Gasteiger partial charge < -0.3 is 14.7 Å². The topological polar surface area (TPSA) is 103 Å². The average Bonchev–Trinajstić information content (AvgIpc) is 3.41. The number of thiazole rings is 1. The fraction of sp³-hybridized carbons (Fsp3) is 0.370. The van der Waals surface area contributed by atoms with Crippen LogP contribution in [0.5, 0.6) is 0 Å². The van der Waals surface area contributed by atoms with E-state index in [1.165, 1.54) is 29.7 Å². The quantitative estimate of drug-likeness (QED) is 0.435. The van der Waals surface area contributed by atoms with E-state index >= 15 is 0 Å². The maximum atomic E-state index is 13.8. The third-order valence-electron chi connectivity index (χ3n) is 7.06. The van der Waals surface area contributed by atoms with Crippen LogP contribution in [0, 0.1) is 5.92 Å². The van der Waals surface area contributed by atoms with Crippen LogP contribution in [0.15, 0.2) is 58.9 Å². The second-order valence-electron chi connectivity index (χ2n) is 10.0. The number of carbonyl (C=O) groups excluding carboxylic acids is 2. The number of fused-ring (bicyclic) bond motifs is 1. The van der Waals surface area contributed by atoms with Gasteiger partial charge in [-0.25, -0.2) is 13.4 Å². The molecule has 0 bridgehead atoms.